The van der Waals surface area contributed by atoms with Crippen molar-refractivity contribution in [2.24, 2.45) is 0 Å². The van der Waals surface area contributed by atoms with E-state index in [-0.39, 0.29) is 10.6 Å². The summed E-state index contributed by atoms with van der Waals surface area (Å²) in [5.74, 6) is 0. The van der Waals surface area contributed by atoms with Crippen molar-refractivity contribution in [2.45, 2.75) is 4.90 Å². The predicted octanol–water partition coefficient (Wildman–Crippen LogP) is 0.953. The van der Waals surface area contributed by atoms with Crippen molar-refractivity contribution in [3.05, 3.63) is 24.3 Å². The molecular formula is C6H6FNO2S. The molecule has 0 fully saturated rings. The Balaban J connectivity index is 3.01. The summed E-state index contributed by atoms with van der Waals surface area (Å²) in [5, 5.41) is 0. The van der Waals surface area contributed by atoms with Gasteiger partial charge in [-0.2, -0.15) is 0 Å². The molecule has 60 valence electrons. The van der Waals surface area contributed by atoms with Gasteiger partial charge in [0, 0.05) is 0 Å². The number of hydrogen-bond donors (Lipinski definition) is 2. The zero-order valence-corrected chi connectivity index (χ0v) is 6.35. The van der Waals surface area contributed by atoms with Crippen LogP contribution in [0.25, 0.3) is 0 Å². The largest absolute Gasteiger partial charge is 0.227 e. The molecule has 1 aromatic rings. The molecule has 0 aliphatic carbocycles. The van der Waals surface area contributed by atoms with Crippen LogP contribution in [-0.4, -0.2) is 8.42 Å². The summed E-state index contributed by atoms with van der Waals surface area (Å²) in [4.78, 5) is 0.180. The van der Waals surface area contributed by atoms with Gasteiger partial charge in [-0.25, -0.2) is 14.0 Å². The maximum Gasteiger partial charge on any atom is 0.168 e. The third-order valence-corrected chi connectivity index (χ3v) is 1.91. The van der Waals surface area contributed by atoms with E-state index < -0.39 is 10.7 Å². The highest BCUT2D eigenvalue weighted by molar-refractivity contribution is 7.72. The Bertz CT molecular complexity index is 299. The molecule has 0 atom stereocenters. The van der Waals surface area contributed by atoms with Crippen LogP contribution in [0.4, 0.5) is 10.2 Å². The molecular weight excluding hydrogens is 169 g/mol. The zero-order chi connectivity index (χ0) is 8.27. The Morgan fingerprint density at radius 2 is 1.73 bits per heavy atom. The highest BCUT2D eigenvalue weighted by Gasteiger charge is 1.93. The summed E-state index contributed by atoms with van der Waals surface area (Å²) in [6, 6.07) is 5.35. The SMILES string of the molecule is O=[SH](=O)c1ccc(NF)cc1. The monoisotopic (exact) mass is 175 g/mol. The fourth-order valence-electron chi connectivity index (χ4n) is 0.646. The van der Waals surface area contributed by atoms with E-state index in [0.717, 1.165) is 0 Å². The van der Waals surface area contributed by atoms with Crippen molar-refractivity contribution in [2.75, 3.05) is 5.54 Å². The van der Waals surface area contributed by atoms with Gasteiger partial charge < -0.3 is 0 Å². The van der Waals surface area contributed by atoms with Crippen LogP contribution in [0.5, 0.6) is 0 Å². The van der Waals surface area contributed by atoms with E-state index in [0.29, 0.717) is 0 Å². The maximum absolute atomic E-state index is 11.7. The van der Waals surface area contributed by atoms with Gasteiger partial charge in [0.1, 0.15) is 0 Å². The summed E-state index contributed by atoms with van der Waals surface area (Å²) < 4.78 is 32.3. The number of rotatable bonds is 2. The van der Waals surface area contributed by atoms with E-state index in [9.17, 15) is 12.9 Å². The van der Waals surface area contributed by atoms with Crippen LogP contribution in [-0.2, 0) is 10.7 Å². The molecule has 0 saturated carbocycles. The van der Waals surface area contributed by atoms with Crippen LogP contribution in [0, 0.1) is 0 Å². The zero-order valence-electron chi connectivity index (χ0n) is 5.45. The highest BCUT2D eigenvalue weighted by Crippen LogP contribution is 2.09. The van der Waals surface area contributed by atoms with Crippen molar-refractivity contribution in [1.82, 2.24) is 0 Å². The number of benzene rings is 1. The lowest BCUT2D eigenvalue weighted by molar-refractivity contribution is 0.612. The second-order valence-corrected chi connectivity index (χ2v) is 2.93. The van der Waals surface area contributed by atoms with Crippen LogP contribution in [0.15, 0.2) is 29.2 Å². The number of thiol groups is 1. The first-order valence-corrected chi connectivity index (χ1v) is 4.03. The van der Waals surface area contributed by atoms with Gasteiger partial charge in [0.15, 0.2) is 10.7 Å². The van der Waals surface area contributed by atoms with Crippen LogP contribution in [0.2, 0.25) is 0 Å². The topological polar surface area (TPSA) is 46.2 Å². The third-order valence-electron chi connectivity index (χ3n) is 1.19. The Morgan fingerprint density at radius 3 is 2.09 bits per heavy atom. The first kappa shape index (κ1) is 8.00. The molecule has 1 aromatic carbocycles. The Morgan fingerprint density at radius 1 is 1.18 bits per heavy atom. The average molecular weight is 175 g/mol. The normalized spacial score (nSPS) is 10.0. The summed E-state index contributed by atoms with van der Waals surface area (Å²) >= 11 is 0. The van der Waals surface area contributed by atoms with Crippen LogP contribution < -0.4 is 5.54 Å². The molecule has 1 N–H and O–H groups in total. The van der Waals surface area contributed by atoms with Gasteiger partial charge in [0.05, 0.1) is 10.6 Å². The smallest absolute Gasteiger partial charge is 0.168 e. The van der Waals surface area contributed by atoms with Crippen molar-refractivity contribution in [3.63, 3.8) is 0 Å². The summed E-state index contributed by atoms with van der Waals surface area (Å²) in [5.41, 5.74) is 1.64. The van der Waals surface area contributed by atoms with E-state index >= 15 is 0 Å². The van der Waals surface area contributed by atoms with Gasteiger partial charge in [-0.1, -0.05) is 0 Å². The van der Waals surface area contributed by atoms with Gasteiger partial charge in [0.25, 0.3) is 0 Å². The molecule has 0 bridgehead atoms. The number of hydrogen-bond acceptors (Lipinski definition) is 3. The summed E-state index contributed by atoms with van der Waals surface area (Å²) in [6.45, 7) is 0. The first-order valence-electron chi connectivity index (χ1n) is 2.85. The van der Waals surface area contributed by atoms with Crippen LogP contribution in [0.1, 0.15) is 0 Å². The van der Waals surface area contributed by atoms with Crippen LogP contribution in [0.3, 0.4) is 0 Å². The predicted molar refractivity (Wildman–Crippen MR) is 39.8 cm³/mol. The molecule has 11 heavy (non-hydrogen) atoms. The molecule has 0 aliphatic heterocycles. The summed E-state index contributed by atoms with van der Waals surface area (Å²) in [7, 11) is -2.56. The highest BCUT2D eigenvalue weighted by atomic mass is 32.2. The average Bonchev–Trinajstić information content (AvgIpc) is 2.05. The molecule has 0 amide bonds. The lowest BCUT2D eigenvalue weighted by Crippen LogP contribution is -1.83. The van der Waals surface area contributed by atoms with Crippen molar-refractivity contribution >= 4 is 16.4 Å². The molecule has 0 saturated heterocycles. The first-order chi connectivity index (χ1) is 5.24. The Labute approximate surface area is 64.7 Å². The van der Waals surface area contributed by atoms with Gasteiger partial charge >= 0.3 is 0 Å². The van der Waals surface area contributed by atoms with Gasteiger partial charge in [-0.3, -0.25) is 0 Å². The second-order valence-electron chi connectivity index (χ2n) is 1.90. The molecule has 0 radical (unpaired) electrons. The minimum atomic E-state index is -2.56. The van der Waals surface area contributed by atoms with Gasteiger partial charge in [-0.05, 0) is 24.3 Å². The fraction of sp³-hybridized carbons (Fsp3) is 0. The third kappa shape index (κ3) is 1.91. The van der Waals surface area contributed by atoms with Crippen molar-refractivity contribution in [3.8, 4) is 0 Å². The molecule has 1 rings (SSSR count). The minimum Gasteiger partial charge on any atom is -0.227 e. The molecule has 0 heterocycles. The Hall–Kier alpha value is -1.10. The van der Waals surface area contributed by atoms with Crippen molar-refractivity contribution in [1.29, 1.82) is 0 Å². The van der Waals surface area contributed by atoms with E-state index in [2.05, 4.69) is 0 Å². The Kier molecular flexibility index (Phi) is 2.43. The van der Waals surface area contributed by atoms with E-state index in [1.165, 1.54) is 29.8 Å². The van der Waals surface area contributed by atoms with Gasteiger partial charge in [-0.15, -0.1) is 4.48 Å². The molecule has 0 unspecified atom stereocenters. The molecule has 0 aromatic heterocycles. The minimum absolute atomic E-state index is 0.180. The number of anilines is 1. The standard InChI is InChI=1S/C6H6FNO2S/c7-8-5-1-3-6(4-2-5)11(9)10/h1-4,8,11H. The van der Waals surface area contributed by atoms with E-state index in [4.69, 9.17) is 0 Å². The quantitative estimate of drug-likeness (QED) is 0.519. The molecule has 5 heteroatoms. The molecule has 0 aliphatic rings. The second kappa shape index (κ2) is 3.34. The molecule has 0 spiro atoms. The lowest BCUT2D eigenvalue weighted by atomic mass is 10.3. The fourth-order valence-corrected chi connectivity index (χ4v) is 1.04. The van der Waals surface area contributed by atoms with E-state index in [1.807, 2.05) is 0 Å². The number of nitrogens with one attached hydrogen (secondary N) is 1. The van der Waals surface area contributed by atoms with Crippen LogP contribution >= 0.6 is 0 Å². The van der Waals surface area contributed by atoms with Gasteiger partial charge in [0.2, 0.25) is 0 Å². The van der Waals surface area contributed by atoms with Crippen molar-refractivity contribution < 1.29 is 12.9 Å². The number of halogens is 1. The summed E-state index contributed by atoms with van der Waals surface area (Å²) in [6.07, 6.45) is 0. The molecule has 3 nitrogen and oxygen atoms in total. The maximum atomic E-state index is 11.7. The lowest BCUT2D eigenvalue weighted by Gasteiger charge is -1.94. The van der Waals surface area contributed by atoms with E-state index in [1.54, 1.807) is 0 Å².